The van der Waals surface area contributed by atoms with Crippen LogP contribution >= 0.6 is 15.9 Å². The second-order valence-corrected chi connectivity index (χ2v) is 6.66. The average Bonchev–Trinajstić information content (AvgIpc) is 2.37. The van der Waals surface area contributed by atoms with E-state index in [9.17, 15) is 9.00 Å². The Morgan fingerprint density at radius 3 is 2.95 bits per heavy atom. The summed E-state index contributed by atoms with van der Waals surface area (Å²) in [6, 6.07) is 0. The van der Waals surface area contributed by atoms with E-state index in [0.717, 1.165) is 6.42 Å². The van der Waals surface area contributed by atoms with Crippen molar-refractivity contribution in [1.82, 2.24) is 9.78 Å². The number of terminal acetylenes is 1. The molecule has 0 aromatic carbocycles. The van der Waals surface area contributed by atoms with Gasteiger partial charge in [-0.3, -0.25) is 9.00 Å². The lowest BCUT2D eigenvalue weighted by Crippen LogP contribution is -2.24. The third-order valence-corrected chi connectivity index (χ3v) is 4.79. The minimum atomic E-state index is -0.840. The quantitative estimate of drug-likeness (QED) is 0.787. The van der Waals surface area contributed by atoms with Crippen LogP contribution in [0, 0.1) is 12.3 Å². The van der Waals surface area contributed by atoms with Crippen molar-refractivity contribution < 1.29 is 4.21 Å². The molecule has 0 radical (unpaired) electrons. The number of hydrogen-bond acceptors (Lipinski definition) is 4. The van der Waals surface area contributed by atoms with Crippen LogP contribution in [0.25, 0.3) is 0 Å². The van der Waals surface area contributed by atoms with E-state index in [1.807, 2.05) is 6.92 Å². The van der Waals surface area contributed by atoms with Crippen LogP contribution in [0.2, 0.25) is 0 Å². The van der Waals surface area contributed by atoms with E-state index < -0.39 is 10.8 Å². The molecule has 0 bridgehead atoms. The van der Waals surface area contributed by atoms with Gasteiger partial charge in [-0.2, -0.15) is 5.10 Å². The van der Waals surface area contributed by atoms with Gasteiger partial charge in [-0.05, 0) is 22.4 Å². The molecule has 5 nitrogen and oxygen atoms in total. The summed E-state index contributed by atoms with van der Waals surface area (Å²) in [6.45, 7) is 2.69. The van der Waals surface area contributed by atoms with Crippen LogP contribution in [-0.2, 0) is 17.3 Å². The van der Waals surface area contributed by atoms with E-state index in [1.54, 1.807) is 12.5 Å². The summed E-state index contributed by atoms with van der Waals surface area (Å²) in [5, 5.41) is 7.18. The van der Waals surface area contributed by atoms with E-state index in [-0.39, 0.29) is 17.4 Å². The van der Waals surface area contributed by atoms with Crippen LogP contribution < -0.4 is 10.9 Å². The molecule has 0 fully saturated rings. The second kappa shape index (κ2) is 7.46. The molecule has 2 unspecified atom stereocenters. The van der Waals surface area contributed by atoms with Crippen LogP contribution in [0.5, 0.6) is 0 Å². The predicted molar refractivity (Wildman–Crippen MR) is 81.7 cm³/mol. The molecule has 1 heterocycles. The summed E-state index contributed by atoms with van der Waals surface area (Å²) in [7, 11) is -0.840. The first-order chi connectivity index (χ1) is 8.97. The van der Waals surface area contributed by atoms with Gasteiger partial charge in [-0.15, -0.1) is 6.42 Å². The highest BCUT2D eigenvalue weighted by Crippen LogP contribution is 2.16. The lowest BCUT2D eigenvalue weighted by atomic mass is 10.3. The Morgan fingerprint density at radius 1 is 1.68 bits per heavy atom. The van der Waals surface area contributed by atoms with E-state index in [0.29, 0.717) is 16.7 Å². The summed E-state index contributed by atoms with van der Waals surface area (Å²) in [6.07, 6.45) is 9.14. The Hall–Kier alpha value is -1.13. The van der Waals surface area contributed by atoms with Crippen LogP contribution in [0.1, 0.15) is 13.3 Å². The highest BCUT2D eigenvalue weighted by Gasteiger charge is 2.09. The molecule has 7 heteroatoms. The predicted octanol–water partition coefficient (Wildman–Crippen LogP) is 1.21. The van der Waals surface area contributed by atoms with Crippen molar-refractivity contribution in [3.63, 3.8) is 0 Å². The van der Waals surface area contributed by atoms with Crippen molar-refractivity contribution in [2.45, 2.75) is 25.1 Å². The summed E-state index contributed by atoms with van der Waals surface area (Å²) >= 11 is 3.23. The largest absolute Gasteiger partial charge is 0.383 e. The second-order valence-electron chi connectivity index (χ2n) is 4.06. The minimum absolute atomic E-state index is 0.112. The molecule has 2 atom stereocenters. The molecule has 0 saturated heterocycles. The van der Waals surface area contributed by atoms with Crippen LogP contribution in [-0.4, -0.2) is 32.0 Å². The molecule has 1 aromatic heterocycles. The van der Waals surface area contributed by atoms with Crippen LogP contribution in [0.3, 0.4) is 0 Å². The lowest BCUT2D eigenvalue weighted by Gasteiger charge is -2.11. The number of rotatable bonds is 6. The maximum Gasteiger partial charge on any atom is 0.284 e. The molecule has 1 N–H and O–H groups in total. The molecule has 0 aliphatic carbocycles. The zero-order valence-electron chi connectivity index (χ0n) is 10.9. The lowest BCUT2D eigenvalue weighted by molar-refractivity contribution is 0.658. The van der Waals surface area contributed by atoms with Crippen molar-refractivity contribution in [3.05, 3.63) is 21.0 Å². The van der Waals surface area contributed by atoms with Gasteiger partial charge in [-0.1, -0.05) is 12.8 Å². The van der Waals surface area contributed by atoms with Gasteiger partial charge in [0.15, 0.2) is 0 Å². The smallest absolute Gasteiger partial charge is 0.284 e. The van der Waals surface area contributed by atoms with Crippen molar-refractivity contribution in [2.24, 2.45) is 0 Å². The first kappa shape index (κ1) is 15.9. The first-order valence-corrected chi connectivity index (χ1v) is 8.14. The van der Waals surface area contributed by atoms with Crippen molar-refractivity contribution >= 4 is 32.4 Å². The zero-order chi connectivity index (χ0) is 14.4. The topological polar surface area (TPSA) is 64.0 Å². The summed E-state index contributed by atoms with van der Waals surface area (Å²) in [4.78, 5) is 11.9. The molecule has 0 spiro atoms. The Kier molecular flexibility index (Phi) is 6.25. The molecule has 0 saturated carbocycles. The Labute approximate surface area is 123 Å². The molecular formula is C12H16BrN3O2S. The fourth-order valence-electron chi connectivity index (χ4n) is 1.36. The number of aromatic nitrogens is 2. The van der Waals surface area contributed by atoms with E-state index in [2.05, 4.69) is 32.3 Å². The summed E-state index contributed by atoms with van der Waals surface area (Å²) < 4.78 is 12.8. The van der Waals surface area contributed by atoms with Crippen molar-refractivity contribution in [3.8, 4) is 12.3 Å². The normalized spacial score (nSPS) is 13.6. The first-order valence-electron chi connectivity index (χ1n) is 5.72. The van der Waals surface area contributed by atoms with Crippen molar-refractivity contribution in [2.75, 3.05) is 18.1 Å². The molecular weight excluding hydrogens is 330 g/mol. The molecule has 19 heavy (non-hydrogen) atoms. The van der Waals surface area contributed by atoms with Crippen molar-refractivity contribution in [1.29, 1.82) is 0 Å². The molecule has 0 aliphatic heterocycles. The Balaban J connectivity index is 2.71. The SMILES string of the molecule is C#CCn1ncc(NCCC(C)S(C)=O)c(Br)c1=O. The molecule has 1 rings (SSSR count). The Morgan fingerprint density at radius 2 is 2.37 bits per heavy atom. The number of anilines is 1. The van der Waals surface area contributed by atoms with Crippen LogP contribution in [0.15, 0.2) is 15.5 Å². The maximum absolute atomic E-state index is 11.9. The van der Waals surface area contributed by atoms with Crippen LogP contribution in [0.4, 0.5) is 5.69 Å². The van der Waals surface area contributed by atoms with Gasteiger partial charge < -0.3 is 5.32 Å². The van der Waals surface area contributed by atoms with Gasteiger partial charge in [0, 0.05) is 28.9 Å². The average molecular weight is 346 g/mol. The molecule has 0 aliphatic rings. The summed E-state index contributed by atoms with van der Waals surface area (Å²) in [5.74, 6) is 2.37. The van der Waals surface area contributed by atoms with Gasteiger partial charge in [-0.25, -0.2) is 4.68 Å². The molecule has 104 valence electrons. The number of halogens is 1. The number of hydrogen-bond donors (Lipinski definition) is 1. The van der Waals surface area contributed by atoms with Gasteiger partial charge in [0.05, 0.1) is 11.9 Å². The van der Waals surface area contributed by atoms with E-state index in [1.165, 1.54) is 4.68 Å². The Bertz CT molecular complexity index is 565. The minimum Gasteiger partial charge on any atom is -0.383 e. The van der Waals surface area contributed by atoms with Gasteiger partial charge in [0.2, 0.25) is 0 Å². The third kappa shape index (κ3) is 4.48. The monoisotopic (exact) mass is 345 g/mol. The fourth-order valence-corrected chi connectivity index (χ4v) is 2.26. The zero-order valence-corrected chi connectivity index (χ0v) is 13.3. The van der Waals surface area contributed by atoms with Gasteiger partial charge >= 0.3 is 0 Å². The van der Waals surface area contributed by atoms with E-state index >= 15 is 0 Å². The highest BCUT2D eigenvalue weighted by molar-refractivity contribution is 9.10. The molecule has 0 amide bonds. The summed E-state index contributed by atoms with van der Waals surface area (Å²) in [5.41, 5.74) is 0.349. The maximum atomic E-state index is 11.9. The standard InChI is InChI=1S/C12H16BrN3O2S/c1-4-7-16-12(17)11(13)10(8-15-16)14-6-5-9(2)19(3)18/h1,8-9,14H,5-7H2,2-3H3. The highest BCUT2D eigenvalue weighted by atomic mass is 79.9. The van der Waals surface area contributed by atoms with E-state index in [4.69, 9.17) is 6.42 Å². The van der Waals surface area contributed by atoms with Gasteiger partial charge in [0.1, 0.15) is 11.0 Å². The number of nitrogens with zero attached hydrogens (tertiary/aromatic N) is 2. The fraction of sp³-hybridized carbons (Fsp3) is 0.500. The number of nitrogens with one attached hydrogen (secondary N) is 1. The van der Waals surface area contributed by atoms with Gasteiger partial charge in [0.25, 0.3) is 5.56 Å². The molecule has 1 aromatic rings. The third-order valence-electron chi connectivity index (χ3n) is 2.66.